The van der Waals surface area contributed by atoms with Gasteiger partial charge in [0.1, 0.15) is 17.1 Å². The number of halogens is 1. The first-order valence-electron chi connectivity index (χ1n) is 7.61. The van der Waals surface area contributed by atoms with E-state index in [4.69, 9.17) is 0 Å². The number of carbonyl (C=O) groups is 2. The molecule has 0 radical (unpaired) electrons. The number of hydrogen-bond acceptors (Lipinski definition) is 3. The van der Waals surface area contributed by atoms with Crippen molar-refractivity contribution in [3.63, 3.8) is 0 Å². The van der Waals surface area contributed by atoms with Gasteiger partial charge in [0.05, 0.1) is 0 Å². The Morgan fingerprint density at radius 1 is 1.27 bits per heavy atom. The molecule has 1 heterocycles. The van der Waals surface area contributed by atoms with Gasteiger partial charge in [0.2, 0.25) is 5.91 Å². The summed E-state index contributed by atoms with van der Waals surface area (Å²) in [4.78, 5) is 24.7. The van der Waals surface area contributed by atoms with Gasteiger partial charge in [0.15, 0.2) is 5.78 Å². The van der Waals surface area contributed by atoms with Gasteiger partial charge in [-0.15, -0.1) is 0 Å². The van der Waals surface area contributed by atoms with Gasteiger partial charge >= 0.3 is 0 Å². The number of hydrogen-bond donors (Lipinski definition) is 2. The van der Waals surface area contributed by atoms with Crippen molar-refractivity contribution in [3.8, 4) is 0 Å². The van der Waals surface area contributed by atoms with Crippen LogP contribution in [0.3, 0.4) is 0 Å². The van der Waals surface area contributed by atoms with Crippen molar-refractivity contribution >= 4 is 11.7 Å². The molecule has 1 aromatic rings. The van der Waals surface area contributed by atoms with E-state index < -0.39 is 5.41 Å². The van der Waals surface area contributed by atoms with Gasteiger partial charge < -0.3 is 10.6 Å². The summed E-state index contributed by atoms with van der Waals surface area (Å²) in [6.07, 6.45) is 4.55. The van der Waals surface area contributed by atoms with Crippen LogP contribution in [-0.4, -0.2) is 11.7 Å². The maximum atomic E-state index is 13.3. The zero-order valence-electron chi connectivity index (χ0n) is 12.5. The minimum atomic E-state index is -0.854. The SMILES string of the molecule is C[C@@H](NC1=CC(=O)C2(CCCC2)C(=O)N1)c1cccc(F)c1. The first-order valence-corrected chi connectivity index (χ1v) is 7.61. The van der Waals surface area contributed by atoms with Gasteiger partial charge in [0.25, 0.3) is 0 Å². The minimum Gasteiger partial charge on any atom is -0.365 e. The number of ketones is 1. The Hall–Kier alpha value is -2.17. The monoisotopic (exact) mass is 302 g/mol. The van der Waals surface area contributed by atoms with Crippen molar-refractivity contribution in [2.75, 3.05) is 0 Å². The summed E-state index contributed by atoms with van der Waals surface area (Å²) < 4.78 is 13.3. The summed E-state index contributed by atoms with van der Waals surface area (Å²) in [5.74, 6) is -0.257. The molecule has 2 aliphatic rings. The maximum absolute atomic E-state index is 13.3. The Morgan fingerprint density at radius 3 is 2.64 bits per heavy atom. The van der Waals surface area contributed by atoms with E-state index in [1.165, 1.54) is 18.2 Å². The van der Waals surface area contributed by atoms with E-state index in [1.807, 2.05) is 6.92 Å². The third-order valence-corrected chi connectivity index (χ3v) is 4.61. The zero-order chi connectivity index (χ0) is 15.7. The second-order valence-corrected chi connectivity index (χ2v) is 6.09. The predicted octanol–water partition coefficient (Wildman–Crippen LogP) is 2.58. The Bertz CT molecular complexity index is 648. The van der Waals surface area contributed by atoms with E-state index in [0.717, 1.165) is 18.4 Å². The van der Waals surface area contributed by atoms with Crippen molar-refractivity contribution in [2.24, 2.45) is 5.41 Å². The molecule has 0 aromatic heterocycles. The van der Waals surface area contributed by atoms with Gasteiger partial charge in [-0.3, -0.25) is 9.59 Å². The molecule has 3 rings (SSSR count). The molecule has 0 saturated heterocycles. The lowest BCUT2D eigenvalue weighted by Crippen LogP contribution is -2.50. The van der Waals surface area contributed by atoms with Gasteiger partial charge in [0, 0.05) is 12.1 Å². The summed E-state index contributed by atoms with van der Waals surface area (Å²) in [7, 11) is 0. The smallest absolute Gasteiger partial charge is 0.239 e. The van der Waals surface area contributed by atoms with Gasteiger partial charge in [-0.2, -0.15) is 0 Å². The molecule has 0 unspecified atom stereocenters. The Morgan fingerprint density at radius 2 is 2.00 bits per heavy atom. The average molecular weight is 302 g/mol. The molecule has 4 nitrogen and oxygen atoms in total. The molecule has 1 aromatic carbocycles. The van der Waals surface area contributed by atoms with E-state index >= 15 is 0 Å². The van der Waals surface area contributed by atoms with Crippen molar-refractivity contribution in [2.45, 2.75) is 38.6 Å². The number of allylic oxidation sites excluding steroid dienone is 1. The molecule has 1 atom stereocenters. The molecule has 5 heteroatoms. The number of rotatable bonds is 3. The molecule has 1 aliphatic carbocycles. The summed E-state index contributed by atoms with van der Waals surface area (Å²) in [5, 5.41) is 5.86. The van der Waals surface area contributed by atoms with Crippen LogP contribution in [-0.2, 0) is 9.59 Å². The lowest BCUT2D eigenvalue weighted by Gasteiger charge is -2.31. The standard InChI is InChI=1S/C17H19FN2O2/c1-11(12-5-4-6-13(18)9-12)19-15-10-14(21)17(16(22)20-15)7-2-3-8-17/h4-6,9-11,19H,2-3,7-8H2,1H3,(H,20,22)/t11-/m1/s1. The molecular formula is C17H19FN2O2. The normalized spacial score (nSPS) is 21.5. The second-order valence-electron chi connectivity index (χ2n) is 6.09. The van der Waals surface area contributed by atoms with E-state index in [2.05, 4.69) is 10.6 Å². The highest BCUT2D eigenvalue weighted by Gasteiger charge is 2.49. The van der Waals surface area contributed by atoms with E-state index in [0.29, 0.717) is 18.7 Å². The highest BCUT2D eigenvalue weighted by atomic mass is 19.1. The molecule has 1 saturated carbocycles. The molecule has 1 amide bonds. The Labute approximate surface area is 128 Å². The van der Waals surface area contributed by atoms with Crippen LogP contribution >= 0.6 is 0 Å². The Balaban J connectivity index is 1.76. The molecule has 1 aliphatic heterocycles. The van der Waals surface area contributed by atoms with Crippen LogP contribution in [0.2, 0.25) is 0 Å². The van der Waals surface area contributed by atoms with Crippen LogP contribution in [0.4, 0.5) is 4.39 Å². The summed E-state index contributed by atoms with van der Waals surface area (Å²) in [5.41, 5.74) is -0.100. The van der Waals surface area contributed by atoms with Crippen molar-refractivity contribution < 1.29 is 14.0 Å². The molecule has 22 heavy (non-hydrogen) atoms. The molecule has 2 N–H and O–H groups in total. The zero-order valence-corrected chi connectivity index (χ0v) is 12.5. The fourth-order valence-corrected chi connectivity index (χ4v) is 3.28. The van der Waals surface area contributed by atoms with Crippen molar-refractivity contribution in [1.29, 1.82) is 0 Å². The van der Waals surface area contributed by atoms with E-state index in [9.17, 15) is 14.0 Å². The van der Waals surface area contributed by atoms with Crippen LogP contribution < -0.4 is 10.6 Å². The number of carbonyl (C=O) groups excluding carboxylic acids is 2. The lowest BCUT2D eigenvalue weighted by atomic mass is 9.79. The van der Waals surface area contributed by atoms with Gasteiger partial charge in [-0.25, -0.2) is 4.39 Å². The van der Waals surface area contributed by atoms with Crippen LogP contribution in [0.25, 0.3) is 0 Å². The van der Waals surface area contributed by atoms with Gasteiger partial charge in [-0.1, -0.05) is 25.0 Å². The number of benzene rings is 1. The summed E-state index contributed by atoms with van der Waals surface area (Å²) >= 11 is 0. The third kappa shape index (κ3) is 2.51. The Kier molecular flexibility index (Phi) is 3.72. The molecule has 1 fully saturated rings. The third-order valence-electron chi connectivity index (χ3n) is 4.61. The fourth-order valence-electron chi connectivity index (χ4n) is 3.28. The average Bonchev–Trinajstić information content (AvgIpc) is 2.96. The van der Waals surface area contributed by atoms with E-state index in [-0.39, 0.29) is 23.5 Å². The topological polar surface area (TPSA) is 58.2 Å². The summed E-state index contributed by atoms with van der Waals surface area (Å²) in [6.45, 7) is 1.85. The largest absolute Gasteiger partial charge is 0.365 e. The lowest BCUT2D eigenvalue weighted by molar-refractivity contribution is -0.140. The van der Waals surface area contributed by atoms with Crippen LogP contribution in [0, 0.1) is 11.2 Å². The highest BCUT2D eigenvalue weighted by molar-refractivity contribution is 6.14. The van der Waals surface area contributed by atoms with Crippen LogP contribution in [0.15, 0.2) is 36.2 Å². The first kappa shape index (κ1) is 14.8. The minimum absolute atomic E-state index is 0.123. The molecule has 116 valence electrons. The number of nitrogens with one attached hydrogen (secondary N) is 2. The number of amides is 1. The molecule has 1 spiro atoms. The predicted molar refractivity (Wildman–Crippen MR) is 80.1 cm³/mol. The van der Waals surface area contributed by atoms with E-state index in [1.54, 1.807) is 12.1 Å². The van der Waals surface area contributed by atoms with Crippen molar-refractivity contribution in [3.05, 3.63) is 47.5 Å². The van der Waals surface area contributed by atoms with Crippen LogP contribution in [0.1, 0.15) is 44.2 Å². The first-order chi connectivity index (χ1) is 10.5. The highest BCUT2D eigenvalue weighted by Crippen LogP contribution is 2.41. The summed E-state index contributed by atoms with van der Waals surface area (Å²) in [6, 6.07) is 6.03. The second kappa shape index (κ2) is 5.55. The molecular weight excluding hydrogens is 283 g/mol. The fraction of sp³-hybridized carbons (Fsp3) is 0.412. The van der Waals surface area contributed by atoms with Gasteiger partial charge in [-0.05, 0) is 37.5 Å². The molecule has 0 bridgehead atoms. The van der Waals surface area contributed by atoms with Crippen LogP contribution in [0.5, 0.6) is 0 Å². The quantitative estimate of drug-likeness (QED) is 0.844. The maximum Gasteiger partial charge on any atom is 0.239 e. The van der Waals surface area contributed by atoms with Crippen molar-refractivity contribution in [1.82, 2.24) is 10.6 Å².